The van der Waals surface area contributed by atoms with Gasteiger partial charge in [-0.05, 0) is 64.0 Å². The van der Waals surface area contributed by atoms with E-state index in [2.05, 4.69) is 59.7 Å². The van der Waals surface area contributed by atoms with Crippen molar-refractivity contribution < 1.29 is 18.3 Å². The van der Waals surface area contributed by atoms with Crippen molar-refractivity contribution in [2.24, 2.45) is 11.8 Å². The maximum atomic E-state index is 6.46. The summed E-state index contributed by atoms with van der Waals surface area (Å²) in [7, 11) is -3.25. The van der Waals surface area contributed by atoms with Gasteiger partial charge in [0.25, 0.3) is 0 Å². The summed E-state index contributed by atoms with van der Waals surface area (Å²) in [6.07, 6.45) is 3.60. The molecule has 0 amide bonds. The molecule has 0 aromatic carbocycles. The van der Waals surface area contributed by atoms with Crippen molar-refractivity contribution in [3.05, 3.63) is 12.7 Å². The Balaban J connectivity index is 2.80. The third-order valence-electron chi connectivity index (χ3n) is 4.52. The number of rotatable bonds is 10. The lowest BCUT2D eigenvalue weighted by Crippen LogP contribution is -2.55. The summed E-state index contributed by atoms with van der Waals surface area (Å²) in [5.41, 5.74) is 0. The molecule has 2 unspecified atom stereocenters. The standard InChI is InChI=1S/C19H40O4Si2/c1-10-11-12-13-20-19-18(23-25(7,8)9)16(3)15(2)17(22-19)14-21-24(4,5)6/h10,15-19H,1,11-14H2,2-9H3/t15-,16-,17?,18?,19+/m0/s1. The molecule has 0 saturated carbocycles. The summed E-state index contributed by atoms with van der Waals surface area (Å²) in [6.45, 7) is 22.9. The van der Waals surface area contributed by atoms with E-state index in [0.29, 0.717) is 25.0 Å². The Kier molecular flexibility index (Phi) is 9.04. The third kappa shape index (κ3) is 8.49. The third-order valence-corrected chi connectivity index (χ3v) is 6.53. The van der Waals surface area contributed by atoms with Gasteiger partial charge in [0, 0.05) is 0 Å². The highest BCUT2D eigenvalue weighted by Crippen LogP contribution is 2.35. The predicted molar refractivity (Wildman–Crippen MR) is 110 cm³/mol. The van der Waals surface area contributed by atoms with E-state index < -0.39 is 16.6 Å². The molecule has 0 aromatic rings. The van der Waals surface area contributed by atoms with Crippen LogP contribution in [-0.4, -0.2) is 48.3 Å². The van der Waals surface area contributed by atoms with Crippen LogP contribution in [0, 0.1) is 11.8 Å². The van der Waals surface area contributed by atoms with Gasteiger partial charge in [0.1, 0.15) is 0 Å². The Hall–Kier alpha value is 0.0138. The van der Waals surface area contributed by atoms with Gasteiger partial charge < -0.3 is 18.3 Å². The second-order valence-electron chi connectivity index (χ2n) is 9.18. The molecular formula is C19H40O4Si2. The van der Waals surface area contributed by atoms with Gasteiger partial charge in [0.15, 0.2) is 22.9 Å². The van der Waals surface area contributed by atoms with Gasteiger partial charge in [-0.3, -0.25) is 0 Å². The summed E-state index contributed by atoms with van der Waals surface area (Å²) < 4.78 is 25.0. The molecule has 0 aromatic heterocycles. The van der Waals surface area contributed by atoms with Gasteiger partial charge in [0.2, 0.25) is 0 Å². The molecule has 1 fully saturated rings. The molecule has 1 aliphatic heterocycles. The van der Waals surface area contributed by atoms with Gasteiger partial charge >= 0.3 is 0 Å². The normalized spacial score (nSPS) is 31.1. The largest absolute Gasteiger partial charge is 0.415 e. The first kappa shape index (κ1) is 23.1. The molecule has 1 heterocycles. The molecule has 1 saturated heterocycles. The van der Waals surface area contributed by atoms with E-state index in [9.17, 15) is 0 Å². The summed E-state index contributed by atoms with van der Waals surface area (Å²) in [5, 5.41) is 0. The van der Waals surface area contributed by atoms with Crippen LogP contribution in [0.1, 0.15) is 26.7 Å². The molecular weight excluding hydrogens is 348 g/mol. The van der Waals surface area contributed by atoms with E-state index in [1.807, 2.05) is 6.08 Å². The van der Waals surface area contributed by atoms with Crippen LogP contribution in [0.2, 0.25) is 39.3 Å². The molecule has 0 spiro atoms. The van der Waals surface area contributed by atoms with E-state index in [1.54, 1.807) is 0 Å². The fourth-order valence-corrected chi connectivity index (χ4v) is 4.72. The first-order valence-electron chi connectivity index (χ1n) is 9.64. The molecule has 1 rings (SSSR count). The van der Waals surface area contributed by atoms with E-state index in [4.69, 9.17) is 18.3 Å². The van der Waals surface area contributed by atoms with Crippen molar-refractivity contribution in [2.75, 3.05) is 13.2 Å². The highest BCUT2D eigenvalue weighted by molar-refractivity contribution is 6.70. The average molecular weight is 389 g/mol. The second-order valence-corrected chi connectivity index (χ2v) is 18.2. The zero-order valence-electron chi connectivity index (χ0n) is 17.6. The van der Waals surface area contributed by atoms with Crippen LogP contribution in [0.25, 0.3) is 0 Å². The minimum atomic E-state index is -1.68. The zero-order valence-corrected chi connectivity index (χ0v) is 19.6. The van der Waals surface area contributed by atoms with E-state index in [1.165, 1.54) is 0 Å². The van der Waals surface area contributed by atoms with E-state index in [-0.39, 0.29) is 18.5 Å². The number of allylic oxidation sites excluding steroid dienone is 1. The molecule has 25 heavy (non-hydrogen) atoms. The van der Waals surface area contributed by atoms with Gasteiger partial charge in [-0.2, -0.15) is 0 Å². The van der Waals surface area contributed by atoms with Crippen molar-refractivity contribution in [3.63, 3.8) is 0 Å². The Morgan fingerprint density at radius 3 is 2.16 bits per heavy atom. The summed E-state index contributed by atoms with van der Waals surface area (Å²) in [6, 6.07) is 0. The molecule has 4 nitrogen and oxygen atoms in total. The smallest absolute Gasteiger partial charge is 0.184 e. The Bertz CT molecular complexity index is 401. The monoisotopic (exact) mass is 388 g/mol. The van der Waals surface area contributed by atoms with Gasteiger partial charge in [-0.1, -0.05) is 19.9 Å². The predicted octanol–water partition coefficient (Wildman–Crippen LogP) is 5.04. The van der Waals surface area contributed by atoms with Crippen LogP contribution in [-0.2, 0) is 18.3 Å². The number of hydrogen-bond acceptors (Lipinski definition) is 4. The van der Waals surface area contributed by atoms with Gasteiger partial charge in [-0.25, -0.2) is 0 Å². The fraction of sp³-hybridized carbons (Fsp3) is 0.895. The highest BCUT2D eigenvalue weighted by atomic mass is 28.4. The molecule has 0 bridgehead atoms. The zero-order chi connectivity index (χ0) is 19.3. The SMILES string of the molecule is C=CCCCO[C@@H]1OC(CO[Si](C)(C)C)[C@@H](C)[C@H](C)C1O[Si](C)(C)C. The molecule has 5 atom stereocenters. The minimum absolute atomic E-state index is 0.00599. The van der Waals surface area contributed by atoms with E-state index in [0.717, 1.165) is 12.8 Å². The average Bonchev–Trinajstić information content (AvgIpc) is 2.47. The lowest BCUT2D eigenvalue weighted by Gasteiger charge is -2.46. The van der Waals surface area contributed by atoms with Crippen LogP contribution in [0.4, 0.5) is 0 Å². The summed E-state index contributed by atoms with van der Waals surface area (Å²) in [4.78, 5) is 0. The first-order chi connectivity index (χ1) is 11.4. The Morgan fingerprint density at radius 1 is 1.00 bits per heavy atom. The van der Waals surface area contributed by atoms with Crippen LogP contribution in [0.5, 0.6) is 0 Å². The van der Waals surface area contributed by atoms with Crippen molar-refractivity contribution in [1.82, 2.24) is 0 Å². The van der Waals surface area contributed by atoms with Gasteiger partial charge in [0.05, 0.1) is 25.4 Å². The topological polar surface area (TPSA) is 36.9 Å². The molecule has 1 aliphatic rings. The maximum Gasteiger partial charge on any atom is 0.184 e. The molecule has 0 aliphatic carbocycles. The Morgan fingerprint density at radius 2 is 1.64 bits per heavy atom. The maximum absolute atomic E-state index is 6.46. The van der Waals surface area contributed by atoms with Crippen molar-refractivity contribution in [2.45, 2.75) is 84.5 Å². The number of hydrogen-bond donors (Lipinski definition) is 0. The van der Waals surface area contributed by atoms with Gasteiger partial charge in [-0.15, -0.1) is 6.58 Å². The molecule has 0 radical (unpaired) electrons. The lowest BCUT2D eigenvalue weighted by molar-refractivity contribution is -0.269. The van der Waals surface area contributed by atoms with Crippen molar-refractivity contribution in [3.8, 4) is 0 Å². The van der Waals surface area contributed by atoms with Crippen molar-refractivity contribution in [1.29, 1.82) is 0 Å². The number of ether oxygens (including phenoxy) is 2. The fourth-order valence-electron chi connectivity index (χ4n) is 2.91. The van der Waals surface area contributed by atoms with E-state index >= 15 is 0 Å². The number of unbranched alkanes of at least 4 members (excludes halogenated alkanes) is 1. The van der Waals surface area contributed by atoms with Crippen LogP contribution in [0.15, 0.2) is 12.7 Å². The van der Waals surface area contributed by atoms with Crippen molar-refractivity contribution >= 4 is 16.6 Å². The molecule has 6 heteroatoms. The minimum Gasteiger partial charge on any atom is -0.415 e. The molecule has 0 N–H and O–H groups in total. The van der Waals surface area contributed by atoms with Crippen LogP contribution in [0.3, 0.4) is 0 Å². The van der Waals surface area contributed by atoms with Crippen LogP contribution < -0.4 is 0 Å². The quantitative estimate of drug-likeness (QED) is 0.298. The Labute approximate surface area is 157 Å². The molecule has 148 valence electrons. The first-order valence-corrected chi connectivity index (χ1v) is 16.5. The van der Waals surface area contributed by atoms with Crippen LogP contribution >= 0.6 is 0 Å². The lowest BCUT2D eigenvalue weighted by atomic mass is 9.84. The summed E-state index contributed by atoms with van der Waals surface area (Å²) in [5.74, 6) is 0.755. The summed E-state index contributed by atoms with van der Waals surface area (Å²) >= 11 is 0. The second kappa shape index (κ2) is 9.81. The highest BCUT2D eigenvalue weighted by Gasteiger charge is 2.44.